The second-order valence-electron chi connectivity index (χ2n) is 3.93. The van der Waals surface area contributed by atoms with Gasteiger partial charge in [0.05, 0.1) is 0 Å². The van der Waals surface area contributed by atoms with E-state index in [0.717, 1.165) is 5.56 Å². The molecule has 0 aliphatic rings. The molecule has 2 aromatic carbocycles. The Labute approximate surface area is 105 Å². The predicted molar refractivity (Wildman–Crippen MR) is 70.2 cm³/mol. The summed E-state index contributed by atoms with van der Waals surface area (Å²) in [5.41, 5.74) is 1.23. The number of aliphatic hydroxyl groups excluding tert-OH is 1. The first-order valence-corrected chi connectivity index (χ1v) is 5.60. The third-order valence-electron chi connectivity index (χ3n) is 2.64. The Morgan fingerprint density at radius 3 is 2.33 bits per heavy atom. The van der Waals surface area contributed by atoms with Crippen molar-refractivity contribution in [2.75, 3.05) is 0 Å². The van der Waals surface area contributed by atoms with E-state index < -0.39 is 6.10 Å². The highest BCUT2D eigenvalue weighted by molar-refractivity contribution is 5.52. The normalized spacial score (nSPS) is 12.7. The molecule has 0 spiro atoms. The molecule has 0 fully saturated rings. The fourth-order valence-electron chi connectivity index (χ4n) is 1.66. The number of hydrogen-bond acceptors (Lipinski definition) is 3. The molecule has 2 aromatic rings. The van der Waals surface area contributed by atoms with Gasteiger partial charge in [-0.15, -0.1) is 0 Å². The Kier molecular flexibility index (Phi) is 3.65. The molecule has 0 saturated heterocycles. The van der Waals surface area contributed by atoms with E-state index in [1.165, 1.54) is 6.07 Å². The quantitative estimate of drug-likeness (QED) is 0.725. The van der Waals surface area contributed by atoms with Crippen molar-refractivity contribution < 1.29 is 15.3 Å². The molecule has 0 radical (unpaired) electrons. The standard InChI is InChI=1S/C15H14O3/c16-13(10-9-11-5-2-1-3-6-11)12-7-4-8-14(17)15(12)18/h1-10,13,16-18H/b10-9+. The lowest BCUT2D eigenvalue weighted by molar-refractivity contribution is 0.223. The largest absolute Gasteiger partial charge is 0.504 e. The SMILES string of the molecule is Oc1cccc(C(O)/C=C/c2ccccc2)c1O. The zero-order valence-corrected chi connectivity index (χ0v) is 9.69. The fourth-order valence-corrected chi connectivity index (χ4v) is 1.66. The maximum atomic E-state index is 9.93. The van der Waals surface area contributed by atoms with Crippen molar-refractivity contribution in [3.63, 3.8) is 0 Å². The maximum Gasteiger partial charge on any atom is 0.163 e. The number of rotatable bonds is 3. The van der Waals surface area contributed by atoms with Crippen molar-refractivity contribution in [2.45, 2.75) is 6.10 Å². The molecule has 92 valence electrons. The smallest absolute Gasteiger partial charge is 0.163 e. The van der Waals surface area contributed by atoms with E-state index in [2.05, 4.69) is 0 Å². The Morgan fingerprint density at radius 1 is 0.889 bits per heavy atom. The Bertz CT molecular complexity index is 547. The Hall–Kier alpha value is -2.26. The number of benzene rings is 2. The summed E-state index contributed by atoms with van der Waals surface area (Å²) in [6.45, 7) is 0. The van der Waals surface area contributed by atoms with Crippen molar-refractivity contribution >= 4 is 6.08 Å². The van der Waals surface area contributed by atoms with E-state index in [1.54, 1.807) is 24.3 Å². The lowest BCUT2D eigenvalue weighted by Crippen LogP contribution is -1.93. The molecule has 3 nitrogen and oxygen atoms in total. The van der Waals surface area contributed by atoms with Gasteiger partial charge in [-0.25, -0.2) is 0 Å². The first-order chi connectivity index (χ1) is 8.68. The second-order valence-corrected chi connectivity index (χ2v) is 3.93. The number of hydrogen-bond donors (Lipinski definition) is 3. The van der Waals surface area contributed by atoms with E-state index in [9.17, 15) is 15.3 Å². The van der Waals surface area contributed by atoms with Crippen LogP contribution in [0.25, 0.3) is 6.08 Å². The van der Waals surface area contributed by atoms with Crippen LogP contribution in [0.3, 0.4) is 0 Å². The molecular weight excluding hydrogens is 228 g/mol. The van der Waals surface area contributed by atoms with E-state index in [4.69, 9.17) is 0 Å². The van der Waals surface area contributed by atoms with Crippen LogP contribution in [0.5, 0.6) is 11.5 Å². The van der Waals surface area contributed by atoms with Crippen LogP contribution in [0.2, 0.25) is 0 Å². The van der Waals surface area contributed by atoms with E-state index in [0.29, 0.717) is 0 Å². The summed E-state index contributed by atoms with van der Waals surface area (Å²) in [4.78, 5) is 0. The summed E-state index contributed by atoms with van der Waals surface area (Å²) < 4.78 is 0. The number of phenolic OH excluding ortho intramolecular Hbond substituents is 2. The number of aromatic hydroxyl groups is 2. The summed E-state index contributed by atoms with van der Waals surface area (Å²) in [5, 5.41) is 28.9. The fraction of sp³-hybridized carbons (Fsp3) is 0.0667. The van der Waals surface area contributed by atoms with Gasteiger partial charge in [-0.05, 0) is 11.6 Å². The molecule has 18 heavy (non-hydrogen) atoms. The lowest BCUT2D eigenvalue weighted by Gasteiger charge is -2.09. The van der Waals surface area contributed by atoms with Gasteiger partial charge in [0.15, 0.2) is 11.5 Å². The molecule has 0 bridgehead atoms. The molecule has 0 aliphatic heterocycles. The molecular formula is C15H14O3. The van der Waals surface area contributed by atoms with Crippen LogP contribution in [0, 0.1) is 0 Å². The number of aliphatic hydroxyl groups is 1. The van der Waals surface area contributed by atoms with Crippen molar-refractivity contribution in [3.8, 4) is 11.5 Å². The summed E-state index contributed by atoms with van der Waals surface area (Å²) in [6.07, 6.45) is 2.36. The maximum absolute atomic E-state index is 9.93. The zero-order chi connectivity index (χ0) is 13.0. The molecule has 0 aromatic heterocycles. The van der Waals surface area contributed by atoms with Gasteiger partial charge in [-0.1, -0.05) is 54.6 Å². The highest BCUT2D eigenvalue weighted by Crippen LogP contribution is 2.33. The van der Waals surface area contributed by atoms with Crippen molar-refractivity contribution in [2.24, 2.45) is 0 Å². The third-order valence-corrected chi connectivity index (χ3v) is 2.64. The highest BCUT2D eigenvalue weighted by Gasteiger charge is 2.11. The summed E-state index contributed by atoms with van der Waals surface area (Å²) in [5.74, 6) is -0.526. The van der Waals surface area contributed by atoms with Crippen molar-refractivity contribution in [3.05, 3.63) is 65.7 Å². The molecule has 0 saturated carbocycles. The Balaban J connectivity index is 2.20. The van der Waals surface area contributed by atoms with Crippen LogP contribution in [-0.2, 0) is 0 Å². The van der Waals surface area contributed by atoms with Crippen LogP contribution >= 0.6 is 0 Å². The monoisotopic (exact) mass is 242 g/mol. The number of para-hydroxylation sites is 1. The average molecular weight is 242 g/mol. The van der Waals surface area contributed by atoms with Crippen LogP contribution < -0.4 is 0 Å². The molecule has 0 heterocycles. The number of phenols is 2. The van der Waals surface area contributed by atoms with Gasteiger partial charge >= 0.3 is 0 Å². The van der Waals surface area contributed by atoms with Crippen LogP contribution in [0.15, 0.2) is 54.6 Å². The van der Waals surface area contributed by atoms with Gasteiger partial charge in [-0.3, -0.25) is 0 Å². The van der Waals surface area contributed by atoms with Crippen LogP contribution in [0.4, 0.5) is 0 Å². The predicted octanol–water partition coefficient (Wildman–Crippen LogP) is 2.84. The average Bonchev–Trinajstić information content (AvgIpc) is 2.40. The lowest BCUT2D eigenvalue weighted by atomic mass is 10.1. The topological polar surface area (TPSA) is 60.7 Å². The minimum Gasteiger partial charge on any atom is -0.504 e. The molecule has 3 N–H and O–H groups in total. The molecule has 1 atom stereocenters. The minimum atomic E-state index is -0.961. The Morgan fingerprint density at radius 2 is 1.61 bits per heavy atom. The highest BCUT2D eigenvalue weighted by atomic mass is 16.3. The molecule has 0 amide bonds. The molecule has 1 unspecified atom stereocenters. The van der Waals surface area contributed by atoms with Crippen LogP contribution in [0.1, 0.15) is 17.2 Å². The van der Waals surface area contributed by atoms with Crippen molar-refractivity contribution in [1.29, 1.82) is 0 Å². The van der Waals surface area contributed by atoms with E-state index >= 15 is 0 Å². The van der Waals surface area contributed by atoms with E-state index in [-0.39, 0.29) is 17.1 Å². The molecule has 0 aliphatic carbocycles. The summed E-state index contributed by atoms with van der Waals surface area (Å²) >= 11 is 0. The summed E-state index contributed by atoms with van der Waals surface area (Å²) in [6, 6.07) is 14.0. The van der Waals surface area contributed by atoms with Gasteiger partial charge in [0, 0.05) is 5.56 Å². The first-order valence-electron chi connectivity index (χ1n) is 5.60. The second kappa shape index (κ2) is 5.38. The van der Waals surface area contributed by atoms with Gasteiger partial charge < -0.3 is 15.3 Å². The van der Waals surface area contributed by atoms with Crippen molar-refractivity contribution in [1.82, 2.24) is 0 Å². The summed E-state index contributed by atoms with van der Waals surface area (Å²) in [7, 11) is 0. The molecule has 3 heteroatoms. The first kappa shape index (κ1) is 12.2. The van der Waals surface area contributed by atoms with Crippen LogP contribution in [-0.4, -0.2) is 15.3 Å². The molecule has 2 rings (SSSR count). The van der Waals surface area contributed by atoms with Gasteiger partial charge in [0.1, 0.15) is 6.10 Å². The van der Waals surface area contributed by atoms with Gasteiger partial charge in [-0.2, -0.15) is 0 Å². The third kappa shape index (κ3) is 2.70. The van der Waals surface area contributed by atoms with Gasteiger partial charge in [0.25, 0.3) is 0 Å². The zero-order valence-electron chi connectivity index (χ0n) is 9.69. The van der Waals surface area contributed by atoms with Gasteiger partial charge in [0.2, 0.25) is 0 Å². The van der Waals surface area contributed by atoms with E-state index in [1.807, 2.05) is 30.3 Å². The minimum absolute atomic E-state index is 0.236.